The maximum Gasteiger partial charge on any atom is 0.0546 e. The van der Waals surface area contributed by atoms with Crippen molar-refractivity contribution in [3.8, 4) is 11.1 Å². The number of anilines is 3. The van der Waals surface area contributed by atoms with Crippen molar-refractivity contribution in [2.24, 2.45) is 0 Å². The van der Waals surface area contributed by atoms with Crippen LogP contribution in [0.25, 0.3) is 21.9 Å². The van der Waals surface area contributed by atoms with E-state index in [2.05, 4.69) is 77.7 Å². The zero-order valence-corrected chi connectivity index (χ0v) is 13.7. The van der Waals surface area contributed by atoms with Crippen LogP contribution in [0.4, 0.5) is 17.1 Å². The summed E-state index contributed by atoms with van der Waals surface area (Å²) in [4.78, 5) is 2.32. The molecule has 0 bridgehead atoms. The van der Waals surface area contributed by atoms with Crippen LogP contribution in [0.1, 0.15) is 0 Å². The van der Waals surface area contributed by atoms with Gasteiger partial charge in [0, 0.05) is 21.7 Å². The van der Waals surface area contributed by atoms with E-state index in [1.165, 1.54) is 27.6 Å². The van der Waals surface area contributed by atoms with Crippen molar-refractivity contribution in [1.82, 2.24) is 0 Å². The van der Waals surface area contributed by atoms with Gasteiger partial charge in [0.05, 0.1) is 11.4 Å². The molecule has 1 nitrogen and oxygen atoms in total. The molecule has 2 heteroatoms. The highest BCUT2D eigenvalue weighted by molar-refractivity contribution is 6.31. The number of hydrogen-bond donors (Lipinski definition) is 0. The Morgan fingerprint density at radius 1 is 0.625 bits per heavy atom. The van der Waals surface area contributed by atoms with Crippen LogP contribution in [-0.2, 0) is 0 Å². The Bertz CT molecular complexity index is 1060. The van der Waals surface area contributed by atoms with E-state index in [9.17, 15) is 0 Å². The molecule has 0 saturated carbocycles. The topological polar surface area (TPSA) is 3.24 Å². The zero-order chi connectivity index (χ0) is 16.1. The molecule has 0 atom stereocenters. The Kier molecular flexibility index (Phi) is 2.91. The average molecular weight is 328 g/mol. The maximum atomic E-state index is 6.31. The van der Waals surface area contributed by atoms with E-state index < -0.39 is 0 Å². The second kappa shape index (κ2) is 5.12. The van der Waals surface area contributed by atoms with Gasteiger partial charge in [0.25, 0.3) is 0 Å². The third kappa shape index (κ3) is 1.88. The number of hydrogen-bond acceptors (Lipinski definition) is 1. The van der Waals surface area contributed by atoms with Crippen molar-refractivity contribution in [2.75, 3.05) is 4.90 Å². The molecule has 0 radical (unpaired) electrons. The zero-order valence-electron chi connectivity index (χ0n) is 12.9. The van der Waals surface area contributed by atoms with Gasteiger partial charge in [-0.1, -0.05) is 60.1 Å². The summed E-state index contributed by atoms with van der Waals surface area (Å²) in [6, 6.07) is 29.6. The lowest BCUT2D eigenvalue weighted by Gasteiger charge is -2.33. The van der Waals surface area contributed by atoms with Crippen molar-refractivity contribution in [1.29, 1.82) is 0 Å². The van der Waals surface area contributed by atoms with Gasteiger partial charge in [-0.3, -0.25) is 0 Å². The summed E-state index contributed by atoms with van der Waals surface area (Å²) in [6.45, 7) is 0. The predicted octanol–water partition coefficient (Wildman–Crippen LogP) is 6.94. The van der Waals surface area contributed by atoms with Crippen LogP contribution in [0, 0.1) is 0 Å². The number of fused-ring (bicyclic) bond motifs is 2. The first-order valence-electron chi connectivity index (χ1n) is 8.00. The first-order chi connectivity index (χ1) is 11.8. The molecule has 0 amide bonds. The molecule has 1 aliphatic rings. The molecule has 114 valence electrons. The van der Waals surface area contributed by atoms with E-state index in [0.717, 1.165) is 16.4 Å². The van der Waals surface area contributed by atoms with E-state index >= 15 is 0 Å². The molecule has 1 aliphatic heterocycles. The van der Waals surface area contributed by atoms with Gasteiger partial charge >= 0.3 is 0 Å². The third-order valence-electron chi connectivity index (χ3n) is 4.63. The first-order valence-corrected chi connectivity index (χ1v) is 8.37. The maximum absolute atomic E-state index is 6.31. The van der Waals surface area contributed by atoms with Gasteiger partial charge in [-0.15, -0.1) is 0 Å². The summed E-state index contributed by atoms with van der Waals surface area (Å²) in [5.41, 5.74) is 5.95. The van der Waals surface area contributed by atoms with Crippen molar-refractivity contribution < 1.29 is 0 Å². The quantitative estimate of drug-likeness (QED) is 0.322. The van der Waals surface area contributed by atoms with Gasteiger partial charge < -0.3 is 4.90 Å². The third-order valence-corrected chi connectivity index (χ3v) is 4.86. The summed E-state index contributed by atoms with van der Waals surface area (Å²) in [5, 5.41) is 3.29. The molecule has 0 N–H and O–H groups in total. The Hall–Kier alpha value is -2.77. The first kappa shape index (κ1) is 13.6. The number of benzene rings is 4. The minimum Gasteiger partial charge on any atom is -0.309 e. The highest BCUT2D eigenvalue weighted by Gasteiger charge is 2.25. The number of rotatable bonds is 1. The van der Waals surface area contributed by atoms with Gasteiger partial charge in [0.2, 0.25) is 0 Å². The van der Waals surface area contributed by atoms with Gasteiger partial charge in [-0.05, 0) is 47.3 Å². The van der Waals surface area contributed by atoms with Gasteiger partial charge in [-0.25, -0.2) is 0 Å². The van der Waals surface area contributed by atoms with Crippen LogP contribution in [0.5, 0.6) is 0 Å². The summed E-state index contributed by atoms with van der Waals surface area (Å²) < 4.78 is 0. The molecule has 0 fully saturated rings. The lowest BCUT2D eigenvalue weighted by atomic mass is 9.91. The van der Waals surface area contributed by atoms with Crippen LogP contribution in [0.3, 0.4) is 0 Å². The summed E-state index contributed by atoms with van der Waals surface area (Å²) in [7, 11) is 0. The molecule has 0 unspecified atom stereocenters. The largest absolute Gasteiger partial charge is 0.309 e. The van der Waals surface area contributed by atoms with Crippen LogP contribution in [0.2, 0.25) is 5.02 Å². The highest BCUT2D eigenvalue weighted by Crippen LogP contribution is 2.51. The second-order valence-electron chi connectivity index (χ2n) is 6.01. The molecule has 0 spiro atoms. The summed E-state index contributed by atoms with van der Waals surface area (Å²) in [5.74, 6) is 0. The Morgan fingerprint density at radius 3 is 2.25 bits per heavy atom. The molecule has 4 aromatic rings. The van der Waals surface area contributed by atoms with Gasteiger partial charge in [0.15, 0.2) is 0 Å². The molecule has 0 aromatic heterocycles. The fraction of sp³-hybridized carbons (Fsp3) is 0. The summed E-state index contributed by atoms with van der Waals surface area (Å²) >= 11 is 6.31. The highest BCUT2D eigenvalue weighted by atomic mass is 35.5. The fourth-order valence-corrected chi connectivity index (χ4v) is 3.81. The van der Waals surface area contributed by atoms with E-state index in [1.807, 2.05) is 12.1 Å². The number of nitrogens with zero attached hydrogens (tertiary/aromatic N) is 1. The lowest BCUT2D eigenvalue weighted by molar-refractivity contribution is 1.28. The standard InChI is InChI=1S/C22H14ClN/c23-16-12-13-20-19(14-16)18-10-4-6-15-7-5-11-21(22(15)18)24(20)17-8-2-1-3-9-17/h1-14H. The normalized spacial score (nSPS) is 12.3. The molecular weight excluding hydrogens is 314 g/mol. The molecular formula is C22H14ClN. The van der Waals surface area contributed by atoms with Crippen LogP contribution >= 0.6 is 11.6 Å². The minimum absolute atomic E-state index is 0.762. The smallest absolute Gasteiger partial charge is 0.0546 e. The molecule has 0 aliphatic carbocycles. The number of halogens is 1. The molecule has 1 heterocycles. The van der Waals surface area contributed by atoms with Crippen molar-refractivity contribution in [2.45, 2.75) is 0 Å². The second-order valence-corrected chi connectivity index (χ2v) is 6.45. The monoisotopic (exact) mass is 327 g/mol. The molecule has 24 heavy (non-hydrogen) atoms. The van der Waals surface area contributed by atoms with Gasteiger partial charge in [-0.2, -0.15) is 0 Å². The van der Waals surface area contributed by atoms with E-state index in [4.69, 9.17) is 11.6 Å². The average Bonchev–Trinajstić information content (AvgIpc) is 2.63. The Labute approximate surface area is 145 Å². The Balaban J connectivity index is 1.95. The SMILES string of the molecule is Clc1ccc2c(c1)-c1cccc3cccc(c13)N2c1ccccc1. The molecule has 4 aromatic carbocycles. The van der Waals surface area contributed by atoms with Crippen molar-refractivity contribution in [3.05, 3.63) is 90.0 Å². The van der Waals surface area contributed by atoms with Crippen LogP contribution in [-0.4, -0.2) is 0 Å². The summed E-state index contributed by atoms with van der Waals surface area (Å²) in [6.07, 6.45) is 0. The van der Waals surface area contributed by atoms with Crippen molar-refractivity contribution >= 4 is 39.4 Å². The lowest BCUT2D eigenvalue weighted by Crippen LogP contribution is -2.14. The van der Waals surface area contributed by atoms with E-state index in [0.29, 0.717) is 0 Å². The van der Waals surface area contributed by atoms with Crippen LogP contribution in [0.15, 0.2) is 84.9 Å². The van der Waals surface area contributed by atoms with Crippen LogP contribution < -0.4 is 4.90 Å². The van der Waals surface area contributed by atoms with E-state index in [1.54, 1.807) is 0 Å². The minimum atomic E-state index is 0.762. The number of para-hydroxylation sites is 1. The van der Waals surface area contributed by atoms with E-state index in [-0.39, 0.29) is 0 Å². The van der Waals surface area contributed by atoms with Crippen molar-refractivity contribution in [3.63, 3.8) is 0 Å². The molecule has 0 saturated heterocycles. The Morgan fingerprint density at radius 2 is 1.42 bits per heavy atom. The predicted molar refractivity (Wildman–Crippen MR) is 103 cm³/mol. The van der Waals surface area contributed by atoms with Gasteiger partial charge in [0.1, 0.15) is 0 Å². The molecule has 5 rings (SSSR count). The fourth-order valence-electron chi connectivity index (χ4n) is 3.64.